The third-order valence-electron chi connectivity index (χ3n) is 3.94. The quantitative estimate of drug-likeness (QED) is 0.233. The standard InChI is InChI=1S/C20H22N4O3/c21-20(22)24-16-8-4-7-15(11-16)17(18(19(26)27)12-23-13-25)10-9-14-5-2-1-3-6-14/h1-8,11,13H,9-10,12H2,(H,23,25)(H,26,27)(H4,21,22,24)/b18-17+. The van der Waals surface area contributed by atoms with Crippen LogP contribution in [0.5, 0.6) is 0 Å². The van der Waals surface area contributed by atoms with Crippen LogP contribution < -0.4 is 16.8 Å². The Labute approximate surface area is 157 Å². The average molecular weight is 366 g/mol. The molecule has 6 N–H and O–H groups in total. The number of carboxylic acids is 1. The zero-order chi connectivity index (χ0) is 19.6. The lowest BCUT2D eigenvalue weighted by molar-refractivity contribution is -0.132. The van der Waals surface area contributed by atoms with Crippen LogP contribution in [0.25, 0.3) is 5.57 Å². The molecule has 27 heavy (non-hydrogen) atoms. The maximum atomic E-state index is 11.8. The molecule has 0 fully saturated rings. The SMILES string of the molecule is NC(N)=Nc1cccc(/C(CCc2ccccc2)=C(\CNC=O)C(=O)O)c1. The summed E-state index contributed by atoms with van der Waals surface area (Å²) in [6, 6.07) is 16.8. The summed E-state index contributed by atoms with van der Waals surface area (Å²) in [7, 11) is 0. The van der Waals surface area contributed by atoms with Gasteiger partial charge in [0.25, 0.3) is 0 Å². The van der Waals surface area contributed by atoms with E-state index in [1.54, 1.807) is 24.3 Å². The monoisotopic (exact) mass is 366 g/mol. The number of allylic oxidation sites excluding steroid dienone is 1. The summed E-state index contributed by atoms with van der Waals surface area (Å²) in [5.41, 5.74) is 13.9. The summed E-state index contributed by atoms with van der Waals surface area (Å²) >= 11 is 0. The number of carboxylic acid groups (broad SMARTS) is 1. The first-order valence-corrected chi connectivity index (χ1v) is 8.37. The molecule has 2 rings (SSSR count). The van der Waals surface area contributed by atoms with E-state index in [2.05, 4.69) is 10.3 Å². The van der Waals surface area contributed by atoms with Gasteiger partial charge in [-0.1, -0.05) is 42.5 Å². The van der Waals surface area contributed by atoms with Gasteiger partial charge in [0.2, 0.25) is 6.41 Å². The van der Waals surface area contributed by atoms with Crippen LogP contribution in [0, 0.1) is 0 Å². The van der Waals surface area contributed by atoms with Crippen LogP contribution in [0.1, 0.15) is 17.5 Å². The molecule has 0 saturated heterocycles. The molecular formula is C20H22N4O3. The largest absolute Gasteiger partial charge is 0.478 e. The van der Waals surface area contributed by atoms with Crippen molar-refractivity contribution < 1.29 is 14.7 Å². The summed E-state index contributed by atoms with van der Waals surface area (Å²) < 4.78 is 0. The summed E-state index contributed by atoms with van der Waals surface area (Å²) in [6.45, 7) is -0.0739. The van der Waals surface area contributed by atoms with Gasteiger partial charge in [-0.3, -0.25) is 4.79 Å². The number of amides is 1. The summed E-state index contributed by atoms with van der Waals surface area (Å²) in [4.78, 5) is 26.5. The molecule has 0 atom stereocenters. The Morgan fingerprint density at radius 3 is 2.48 bits per heavy atom. The molecule has 0 bridgehead atoms. The van der Waals surface area contributed by atoms with Crippen molar-refractivity contribution in [3.8, 4) is 0 Å². The molecule has 0 heterocycles. The van der Waals surface area contributed by atoms with Crippen LogP contribution in [0.15, 0.2) is 65.2 Å². The number of nitrogens with zero attached hydrogens (tertiary/aromatic N) is 1. The van der Waals surface area contributed by atoms with Gasteiger partial charge in [-0.2, -0.15) is 0 Å². The Kier molecular flexibility index (Phi) is 7.13. The maximum Gasteiger partial charge on any atom is 0.333 e. The van der Waals surface area contributed by atoms with Gasteiger partial charge in [-0.15, -0.1) is 0 Å². The van der Waals surface area contributed by atoms with Crippen molar-refractivity contribution in [3.63, 3.8) is 0 Å². The number of hydrogen-bond donors (Lipinski definition) is 4. The Hall–Kier alpha value is -3.61. The molecule has 1 amide bonds. The first-order valence-electron chi connectivity index (χ1n) is 8.37. The second-order valence-electron chi connectivity index (χ2n) is 5.83. The summed E-state index contributed by atoms with van der Waals surface area (Å²) in [6.07, 6.45) is 1.62. The highest BCUT2D eigenvalue weighted by atomic mass is 16.4. The zero-order valence-corrected chi connectivity index (χ0v) is 14.8. The molecule has 7 nitrogen and oxygen atoms in total. The number of aliphatic carboxylic acids is 1. The van der Waals surface area contributed by atoms with Crippen molar-refractivity contribution in [3.05, 3.63) is 71.3 Å². The minimum Gasteiger partial charge on any atom is -0.478 e. The van der Waals surface area contributed by atoms with Gasteiger partial charge in [0.05, 0.1) is 11.3 Å². The van der Waals surface area contributed by atoms with Crippen LogP contribution in [0.2, 0.25) is 0 Å². The van der Waals surface area contributed by atoms with E-state index in [1.165, 1.54) is 0 Å². The number of nitrogens with two attached hydrogens (primary N) is 2. The molecule has 0 unspecified atom stereocenters. The van der Waals surface area contributed by atoms with Crippen molar-refractivity contribution in [2.45, 2.75) is 12.8 Å². The van der Waals surface area contributed by atoms with E-state index in [0.29, 0.717) is 36.1 Å². The van der Waals surface area contributed by atoms with Crippen LogP contribution in [-0.2, 0) is 16.0 Å². The highest BCUT2D eigenvalue weighted by molar-refractivity contribution is 5.97. The van der Waals surface area contributed by atoms with E-state index >= 15 is 0 Å². The molecule has 0 saturated carbocycles. The van der Waals surface area contributed by atoms with Gasteiger partial charge in [0, 0.05) is 6.54 Å². The highest BCUT2D eigenvalue weighted by Gasteiger charge is 2.16. The van der Waals surface area contributed by atoms with E-state index in [1.807, 2.05) is 30.3 Å². The molecular weight excluding hydrogens is 344 g/mol. The van der Waals surface area contributed by atoms with Crippen molar-refractivity contribution in [2.24, 2.45) is 16.5 Å². The van der Waals surface area contributed by atoms with Crippen molar-refractivity contribution >= 4 is 29.6 Å². The summed E-state index contributed by atoms with van der Waals surface area (Å²) in [5.74, 6) is -1.16. The fourth-order valence-electron chi connectivity index (χ4n) is 2.75. The van der Waals surface area contributed by atoms with Gasteiger partial charge in [-0.25, -0.2) is 9.79 Å². The lowest BCUT2D eigenvalue weighted by Crippen LogP contribution is -2.22. The van der Waals surface area contributed by atoms with Crippen molar-refractivity contribution in [1.29, 1.82) is 0 Å². The lowest BCUT2D eigenvalue weighted by atomic mass is 9.93. The van der Waals surface area contributed by atoms with Crippen LogP contribution in [0.4, 0.5) is 5.69 Å². The maximum absolute atomic E-state index is 11.8. The first kappa shape index (κ1) is 19.7. The molecule has 0 aliphatic rings. The van der Waals surface area contributed by atoms with Gasteiger partial charge in [0.1, 0.15) is 0 Å². The molecule has 0 radical (unpaired) electrons. The molecule has 7 heteroatoms. The van der Waals surface area contributed by atoms with Crippen molar-refractivity contribution in [2.75, 3.05) is 6.54 Å². The smallest absolute Gasteiger partial charge is 0.333 e. The van der Waals surface area contributed by atoms with Crippen LogP contribution in [0.3, 0.4) is 0 Å². The number of hydrogen-bond acceptors (Lipinski definition) is 3. The van der Waals surface area contributed by atoms with E-state index in [4.69, 9.17) is 11.5 Å². The molecule has 2 aromatic carbocycles. The number of aliphatic imine (C=N–C) groups is 1. The first-order chi connectivity index (χ1) is 13.0. The average Bonchev–Trinajstić information content (AvgIpc) is 2.64. The van der Waals surface area contributed by atoms with Crippen LogP contribution in [-0.4, -0.2) is 30.0 Å². The number of carbonyl (C=O) groups excluding carboxylic acids is 1. The third kappa shape index (κ3) is 6.00. The number of carbonyl (C=O) groups is 2. The third-order valence-corrected chi connectivity index (χ3v) is 3.94. The Bertz CT molecular complexity index is 857. The Balaban J connectivity index is 2.46. The van der Waals surface area contributed by atoms with Gasteiger partial charge >= 0.3 is 5.97 Å². The number of aryl methyl sites for hydroxylation is 1. The molecule has 0 aliphatic carbocycles. The van der Waals surface area contributed by atoms with Gasteiger partial charge < -0.3 is 21.9 Å². The van der Waals surface area contributed by atoms with E-state index in [0.717, 1.165) is 5.56 Å². The topological polar surface area (TPSA) is 131 Å². The minimum absolute atomic E-state index is 0.0739. The highest BCUT2D eigenvalue weighted by Crippen LogP contribution is 2.27. The van der Waals surface area contributed by atoms with Gasteiger partial charge in [0.15, 0.2) is 5.96 Å². The number of nitrogens with one attached hydrogen (secondary N) is 1. The Morgan fingerprint density at radius 1 is 1.11 bits per heavy atom. The Morgan fingerprint density at radius 2 is 1.85 bits per heavy atom. The van der Waals surface area contributed by atoms with E-state index in [-0.39, 0.29) is 18.1 Å². The molecule has 2 aromatic rings. The predicted octanol–water partition coefficient (Wildman–Crippen LogP) is 1.81. The van der Waals surface area contributed by atoms with E-state index in [9.17, 15) is 14.7 Å². The second-order valence-corrected chi connectivity index (χ2v) is 5.83. The van der Waals surface area contributed by atoms with Gasteiger partial charge in [-0.05, 0) is 41.7 Å². The fourth-order valence-corrected chi connectivity index (χ4v) is 2.75. The van der Waals surface area contributed by atoms with E-state index < -0.39 is 5.97 Å². The number of benzene rings is 2. The lowest BCUT2D eigenvalue weighted by Gasteiger charge is -2.14. The number of guanidine groups is 1. The zero-order valence-electron chi connectivity index (χ0n) is 14.8. The van der Waals surface area contributed by atoms with Crippen LogP contribution >= 0.6 is 0 Å². The molecule has 140 valence electrons. The molecule has 0 spiro atoms. The minimum atomic E-state index is -1.08. The molecule has 0 aromatic heterocycles. The molecule has 0 aliphatic heterocycles. The normalized spacial score (nSPS) is 11.3. The second kappa shape index (κ2) is 9.76. The summed E-state index contributed by atoms with van der Waals surface area (Å²) in [5, 5.41) is 12.1. The van der Waals surface area contributed by atoms with Crippen molar-refractivity contribution in [1.82, 2.24) is 5.32 Å². The number of rotatable bonds is 9. The predicted molar refractivity (Wildman–Crippen MR) is 105 cm³/mol. The fraction of sp³-hybridized carbons (Fsp3) is 0.150.